The van der Waals surface area contributed by atoms with Gasteiger partial charge in [-0.25, -0.2) is 0 Å². The number of hydrogen-bond donors (Lipinski definition) is 0. The molecule has 0 aliphatic carbocycles. The lowest BCUT2D eigenvalue weighted by atomic mass is 9.92. The van der Waals surface area contributed by atoms with Gasteiger partial charge >= 0.3 is 0 Å². The molecule has 2 rings (SSSR count). The van der Waals surface area contributed by atoms with Crippen LogP contribution in [0, 0.1) is 11.8 Å². The average Bonchev–Trinajstić information content (AvgIpc) is 2.36. The van der Waals surface area contributed by atoms with E-state index in [9.17, 15) is 4.79 Å². The molecule has 1 amide bonds. The summed E-state index contributed by atoms with van der Waals surface area (Å²) < 4.78 is 5.50. The van der Waals surface area contributed by atoms with Crippen molar-refractivity contribution in [2.24, 2.45) is 11.8 Å². The fraction of sp³-hybridized carbons (Fsp3) is 0.533. The zero-order chi connectivity index (χ0) is 13.0. The summed E-state index contributed by atoms with van der Waals surface area (Å²) in [5.74, 6) is 2.03. The van der Waals surface area contributed by atoms with E-state index in [-0.39, 0.29) is 12.5 Å². The van der Waals surface area contributed by atoms with E-state index in [1.165, 1.54) is 6.42 Å². The van der Waals surface area contributed by atoms with Crippen molar-refractivity contribution in [3.63, 3.8) is 0 Å². The Morgan fingerprint density at radius 3 is 2.44 bits per heavy atom. The van der Waals surface area contributed by atoms with Crippen LogP contribution >= 0.6 is 0 Å². The number of amides is 1. The number of carbonyl (C=O) groups excluding carboxylic acids is 1. The molecule has 0 radical (unpaired) electrons. The van der Waals surface area contributed by atoms with E-state index in [0.717, 1.165) is 18.8 Å². The highest BCUT2D eigenvalue weighted by molar-refractivity contribution is 5.77. The molecule has 0 unspecified atom stereocenters. The van der Waals surface area contributed by atoms with Gasteiger partial charge in [-0.2, -0.15) is 0 Å². The molecular formula is C15H21NO2. The Morgan fingerprint density at radius 1 is 1.22 bits per heavy atom. The zero-order valence-corrected chi connectivity index (χ0v) is 11.1. The lowest BCUT2D eigenvalue weighted by Gasteiger charge is -2.34. The normalized spacial score (nSPS) is 23.8. The maximum atomic E-state index is 12.1. The Labute approximate surface area is 109 Å². The highest BCUT2D eigenvalue weighted by atomic mass is 16.5. The fourth-order valence-corrected chi connectivity index (χ4v) is 2.62. The topological polar surface area (TPSA) is 29.5 Å². The van der Waals surface area contributed by atoms with Gasteiger partial charge < -0.3 is 9.64 Å². The van der Waals surface area contributed by atoms with Crippen molar-refractivity contribution in [2.75, 3.05) is 19.7 Å². The zero-order valence-electron chi connectivity index (χ0n) is 11.1. The van der Waals surface area contributed by atoms with E-state index >= 15 is 0 Å². The van der Waals surface area contributed by atoms with Crippen molar-refractivity contribution in [1.29, 1.82) is 0 Å². The minimum Gasteiger partial charge on any atom is -0.484 e. The second-order valence-electron chi connectivity index (χ2n) is 5.35. The molecule has 18 heavy (non-hydrogen) atoms. The number of benzene rings is 1. The van der Waals surface area contributed by atoms with Crippen LogP contribution in [0.3, 0.4) is 0 Å². The number of para-hydroxylation sites is 1. The van der Waals surface area contributed by atoms with Crippen molar-refractivity contribution >= 4 is 5.91 Å². The smallest absolute Gasteiger partial charge is 0.260 e. The summed E-state index contributed by atoms with van der Waals surface area (Å²) in [4.78, 5) is 14.0. The van der Waals surface area contributed by atoms with Crippen LogP contribution < -0.4 is 4.74 Å². The lowest BCUT2D eigenvalue weighted by molar-refractivity contribution is -0.136. The molecule has 0 aromatic heterocycles. The standard InChI is InChI=1S/C15H21NO2/c1-12-8-13(2)10-16(9-12)15(17)11-18-14-6-4-3-5-7-14/h3-7,12-13H,8-11H2,1-2H3/t12-,13-/m0/s1. The number of piperidine rings is 1. The summed E-state index contributed by atoms with van der Waals surface area (Å²) in [7, 11) is 0. The van der Waals surface area contributed by atoms with Crippen molar-refractivity contribution in [2.45, 2.75) is 20.3 Å². The second-order valence-corrected chi connectivity index (χ2v) is 5.35. The molecule has 1 aromatic carbocycles. The molecular weight excluding hydrogens is 226 g/mol. The van der Waals surface area contributed by atoms with Crippen LogP contribution in [-0.4, -0.2) is 30.5 Å². The molecule has 1 aromatic rings. The van der Waals surface area contributed by atoms with E-state index in [1.807, 2.05) is 35.2 Å². The highest BCUT2D eigenvalue weighted by Crippen LogP contribution is 2.21. The van der Waals surface area contributed by atoms with Crippen LogP contribution in [-0.2, 0) is 4.79 Å². The summed E-state index contributed by atoms with van der Waals surface area (Å²) >= 11 is 0. The Balaban J connectivity index is 1.84. The van der Waals surface area contributed by atoms with Crippen LogP contribution in [0.15, 0.2) is 30.3 Å². The van der Waals surface area contributed by atoms with Gasteiger partial charge in [0.05, 0.1) is 0 Å². The Morgan fingerprint density at radius 2 is 1.83 bits per heavy atom. The second kappa shape index (κ2) is 5.89. The summed E-state index contributed by atoms with van der Waals surface area (Å²) in [5, 5.41) is 0. The van der Waals surface area contributed by atoms with E-state index in [1.54, 1.807) is 0 Å². The molecule has 1 aliphatic rings. The van der Waals surface area contributed by atoms with Crippen molar-refractivity contribution in [3.8, 4) is 5.75 Å². The molecule has 0 spiro atoms. The maximum absolute atomic E-state index is 12.1. The van der Waals surface area contributed by atoms with Gasteiger partial charge in [0.1, 0.15) is 5.75 Å². The molecule has 0 bridgehead atoms. The van der Waals surface area contributed by atoms with Crippen LogP contribution in [0.4, 0.5) is 0 Å². The van der Waals surface area contributed by atoms with Crippen molar-refractivity contribution < 1.29 is 9.53 Å². The van der Waals surface area contributed by atoms with Crippen LogP contribution in [0.2, 0.25) is 0 Å². The SMILES string of the molecule is C[C@H]1C[C@H](C)CN(C(=O)COc2ccccc2)C1. The molecule has 98 valence electrons. The van der Waals surface area contributed by atoms with E-state index in [4.69, 9.17) is 4.74 Å². The number of rotatable bonds is 3. The van der Waals surface area contributed by atoms with Gasteiger partial charge in [-0.05, 0) is 30.4 Å². The third kappa shape index (κ3) is 3.49. The molecule has 3 nitrogen and oxygen atoms in total. The van der Waals surface area contributed by atoms with Crippen molar-refractivity contribution in [1.82, 2.24) is 4.90 Å². The number of nitrogens with zero attached hydrogens (tertiary/aromatic N) is 1. The number of hydrogen-bond acceptors (Lipinski definition) is 2. The molecule has 1 fully saturated rings. The first kappa shape index (κ1) is 12.9. The third-order valence-electron chi connectivity index (χ3n) is 3.33. The van der Waals surface area contributed by atoms with Crippen LogP contribution in [0.5, 0.6) is 5.75 Å². The van der Waals surface area contributed by atoms with Gasteiger partial charge in [-0.1, -0.05) is 32.0 Å². The minimum atomic E-state index is 0.0947. The predicted octanol–water partition coefficient (Wildman–Crippen LogP) is 2.57. The molecule has 1 heterocycles. The molecule has 1 aliphatic heterocycles. The summed E-state index contributed by atoms with van der Waals surface area (Å²) in [6, 6.07) is 9.49. The van der Waals surface area contributed by atoms with E-state index < -0.39 is 0 Å². The highest BCUT2D eigenvalue weighted by Gasteiger charge is 2.25. The number of carbonyl (C=O) groups is 1. The van der Waals surface area contributed by atoms with Gasteiger partial charge in [0.25, 0.3) is 5.91 Å². The first-order valence-corrected chi connectivity index (χ1v) is 6.60. The predicted molar refractivity (Wildman–Crippen MR) is 71.5 cm³/mol. The van der Waals surface area contributed by atoms with E-state index in [0.29, 0.717) is 11.8 Å². The van der Waals surface area contributed by atoms with E-state index in [2.05, 4.69) is 13.8 Å². The third-order valence-corrected chi connectivity index (χ3v) is 3.33. The van der Waals surface area contributed by atoms with Gasteiger partial charge in [0.15, 0.2) is 6.61 Å². The van der Waals surface area contributed by atoms with Gasteiger partial charge in [-0.3, -0.25) is 4.79 Å². The first-order chi connectivity index (χ1) is 8.65. The quantitative estimate of drug-likeness (QED) is 0.821. The Hall–Kier alpha value is -1.51. The molecule has 3 heteroatoms. The van der Waals surface area contributed by atoms with Crippen LogP contribution in [0.1, 0.15) is 20.3 Å². The summed E-state index contributed by atoms with van der Waals surface area (Å²) in [6.07, 6.45) is 1.21. The van der Waals surface area contributed by atoms with Gasteiger partial charge in [0.2, 0.25) is 0 Å². The monoisotopic (exact) mass is 247 g/mol. The minimum absolute atomic E-state index is 0.0947. The lowest BCUT2D eigenvalue weighted by Crippen LogP contribution is -2.44. The fourth-order valence-electron chi connectivity index (χ4n) is 2.62. The van der Waals surface area contributed by atoms with Gasteiger partial charge in [0, 0.05) is 13.1 Å². The maximum Gasteiger partial charge on any atom is 0.260 e. The number of likely N-dealkylation sites (tertiary alicyclic amines) is 1. The molecule has 2 atom stereocenters. The molecule has 1 saturated heterocycles. The molecule has 0 saturated carbocycles. The average molecular weight is 247 g/mol. The van der Waals surface area contributed by atoms with Crippen LogP contribution in [0.25, 0.3) is 0 Å². The first-order valence-electron chi connectivity index (χ1n) is 6.60. The number of ether oxygens (including phenoxy) is 1. The summed E-state index contributed by atoms with van der Waals surface area (Å²) in [6.45, 7) is 6.27. The van der Waals surface area contributed by atoms with Crippen molar-refractivity contribution in [3.05, 3.63) is 30.3 Å². The molecule has 0 N–H and O–H groups in total. The largest absolute Gasteiger partial charge is 0.484 e. The Bertz CT molecular complexity index is 381. The Kier molecular flexibility index (Phi) is 4.24. The van der Waals surface area contributed by atoms with Gasteiger partial charge in [-0.15, -0.1) is 0 Å². The summed E-state index contributed by atoms with van der Waals surface area (Å²) in [5.41, 5.74) is 0.